The van der Waals surface area contributed by atoms with Crippen molar-refractivity contribution in [2.75, 3.05) is 0 Å². The molecule has 0 unspecified atom stereocenters. The van der Waals surface area contributed by atoms with E-state index < -0.39 is 0 Å². The minimum Gasteiger partial charge on any atom is -0.308 e. The van der Waals surface area contributed by atoms with Crippen LogP contribution in [-0.2, 0) is 19.5 Å². The van der Waals surface area contributed by atoms with E-state index in [0.29, 0.717) is 0 Å². The smallest absolute Gasteiger partial charge is 0.0410 e. The van der Waals surface area contributed by atoms with Gasteiger partial charge < -0.3 is 5.32 Å². The quantitative estimate of drug-likeness (QED) is 0.909. The zero-order valence-corrected chi connectivity index (χ0v) is 12.1. The van der Waals surface area contributed by atoms with E-state index in [4.69, 9.17) is 0 Å². The van der Waals surface area contributed by atoms with Gasteiger partial charge in [-0.3, -0.25) is 4.98 Å². The van der Waals surface area contributed by atoms with E-state index in [0.717, 1.165) is 24.0 Å². The van der Waals surface area contributed by atoms with Gasteiger partial charge in [0.1, 0.15) is 0 Å². The number of halogens is 1. The van der Waals surface area contributed by atoms with Crippen LogP contribution < -0.4 is 5.32 Å². The van der Waals surface area contributed by atoms with Crippen molar-refractivity contribution in [2.45, 2.75) is 26.4 Å². The molecule has 0 saturated heterocycles. The number of rotatable bonds is 5. The van der Waals surface area contributed by atoms with Gasteiger partial charge in [0.15, 0.2) is 0 Å². The number of nitrogens with one attached hydrogen (secondary N) is 1. The third kappa shape index (κ3) is 3.91. The van der Waals surface area contributed by atoms with E-state index in [1.165, 1.54) is 15.3 Å². The normalized spacial score (nSPS) is 10.7. The largest absolute Gasteiger partial charge is 0.308 e. The van der Waals surface area contributed by atoms with Gasteiger partial charge in [-0.05, 0) is 46.1 Å². The molecule has 0 spiro atoms. The Morgan fingerprint density at radius 1 is 1.24 bits per heavy atom. The van der Waals surface area contributed by atoms with Crippen LogP contribution in [0.25, 0.3) is 0 Å². The predicted octanol–water partition coefficient (Wildman–Crippen LogP) is 3.76. The predicted molar refractivity (Wildman–Crippen MR) is 76.2 cm³/mol. The molecule has 0 aliphatic heterocycles. The maximum absolute atomic E-state index is 4.14. The molecule has 90 valence electrons. The fourth-order valence-corrected chi connectivity index (χ4v) is 2.93. The van der Waals surface area contributed by atoms with Gasteiger partial charge >= 0.3 is 0 Å². The van der Waals surface area contributed by atoms with Crippen LogP contribution in [-0.4, -0.2) is 4.98 Å². The summed E-state index contributed by atoms with van der Waals surface area (Å²) in [5.41, 5.74) is 1.20. The van der Waals surface area contributed by atoms with E-state index in [1.807, 2.05) is 17.5 Å². The standard InChI is InChI=1S/C13H15BrN2S/c1-2-12-3-4-13(17-12)9-16-7-10-5-11(14)8-15-6-10/h3-6,8,16H,2,7,9H2,1H3. The highest BCUT2D eigenvalue weighted by Crippen LogP contribution is 2.16. The minimum absolute atomic E-state index is 0.853. The van der Waals surface area contributed by atoms with Crippen LogP contribution in [0.15, 0.2) is 35.1 Å². The first-order chi connectivity index (χ1) is 8.28. The summed E-state index contributed by atoms with van der Waals surface area (Å²) in [6.45, 7) is 3.97. The van der Waals surface area contributed by atoms with Crippen molar-refractivity contribution in [1.29, 1.82) is 0 Å². The summed E-state index contributed by atoms with van der Waals surface area (Å²) in [5, 5.41) is 3.43. The van der Waals surface area contributed by atoms with E-state index in [2.05, 4.69) is 51.4 Å². The average molecular weight is 311 g/mol. The number of hydrogen-bond donors (Lipinski definition) is 1. The van der Waals surface area contributed by atoms with Gasteiger partial charge in [0.25, 0.3) is 0 Å². The van der Waals surface area contributed by atoms with Crippen molar-refractivity contribution in [2.24, 2.45) is 0 Å². The second-order valence-corrected chi connectivity index (χ2v) is 6.01. The molecule has 0 saturated carbocycles. The van der Waals surface area contributed by atoms with E-state index in [9.17, 15) is 0 Å². The maximum Gasteiger partial charge on any atom is 0.0410 e. The average Bonchev–Trinajstić information content (AvgIpc) is 2.77. The van der Waals surface area contributed by atoms with Gasteiger partial charge in [-0.2, -0.15) is 0 Å². The Balaban J connectivity index is 1.83. The second kappa shape index (κ2) is 6.28. The highest BCUT2D eigenvalue weighted by atomic mass is 79.9. The van der Waals surface area contributed by atoms with Crippen molar-refractivity contribution >= 4 is 27.3 Å². The molecule has 0 aliphatic rings. The van der Waals surface area contributed by atoms with Crippen molar-refractivity contribution in [3.05, 3.63) is 50.4 Å². The van der Waals surface area contributed by atoms with Crippen molar-refractivity contribution in [1.82, 2.24) is 10.3 Å². The number of aromatic nitrogens is 1. The molecule has 2 nitrogen and oxygen atoms in total. The highest BCUT2D eigenvalue weighted by molar-refractivity contribution is 9.10. The van der Waals surface area contributed by atoms with Crippen LogP contribution in [0.2, 0.25) is 0 Å². The zero-order valence-electron chi connectivity index (χ0n) is 9.74. The minimum atomic E-state index is 0.853. The summed E-state index contributed by atoms with van der Waals surface area (Å²) in [5.74, 6) is 0. The Morgan fingerprint density at radius 3 is 2.76 bits per heavy atom. The molecule has 0 radical (unpaired) electrons. The maximum atomic E-state index is 4.14. The van der Waals surface area contributed by atoms with Crippen LogP contribution in [0.5, 0.6) is 0 Å². The molecule has 0 aromatic carbocycles. The summed E-state index contributed by atoms with van der Waals surface area (Å²) in [7, 11) is 0. The topological polar surface area (TPSA) is 24.9 Å². The number of thiophene rings is 1. The Kier molecular flexibility index (Phi) is 4.71. The van der Waals surface area contributed by atoms with Gasteiger partial charge in [0, 0.05) is 39.7 Å². The third-order valence-corrected chi connectivity index (χ3v) is 4.12. The van der Waals surface area contributed by atoms with Crippen LogP contribution in [0, 0.1) is 0 Å². The van der Waals surface area contributed by atoms with Gasteiger partial charge in [0.2, 0.25) is 0 Å². The zero-order chi connectivity index (χ0) is 12.1. The summed E-state index contributed by atoms with van der Waals surface area (Å²) in [6, 6.07) is 6.50. The molecule has 2 aromatic rings. The first-order valence-electron chi connectivity index (χ1n) is 5.65. The molecule has 0 amide bonds. The van der Waals surface area contributed by atoms with E-state index >= 15 is 0 Å². The second-order valence-electron chi connectivity index (χ2n) is 3.84. The molecule has 2 aromatic heterocycles. The first-order valence-corrected chi connectivity index (χ1v) is 7.26. The van der Waals surface area contributed by atoms with Gasteiger partial charge in [-0.25, -0.2) is 0 Å². The molecule has 0 atom stereocenters. The molecular weight excluding hydrogens is 296 g/mol. The van der Waals surface area contributed by atoms with E-state index in [1.54, 1.807) is 6.20 Å². The summed E-state index contributed by atoms with van der Waals surface area (Å²) in [6.07, 6.45) is 4.82. The van der Waals surface area contributed by atoms with Crippen molar-refractivity contribution in [3.8, 4) is 0 Å². The summed E-state index contributed by atoms with van der Waals surface area (Å²) in [4.78, 5) is 6.99. The van der Waals surface area contributed by atoms with Crippen LogP contribution >= 0.6 is 27.3 Å². The monoisotopic (exact) mass is 310 g/mol. The molecule has 1 N–H and O–H groups in total. The third-order valence-electron chi connectivity index (χ3n) is 2.46. The lowest BCUT2D eigenvalue weighted by Crippen LogP contribution is -2.11. The van der Waals surface area contributed by atoms with Gasteiger partial charge in [0.05, 0.1) is 0 Å². The molecule has 17 heavy (non-hydrogen) atoms. The van der Waals surface area contributed by atoms with E-state index in [-0.39, 0.29) is 0 Å². The SMILES string of the molecule is CCc1ccc(CNCc2cncc(Br)c2)s1. The highest BCUT2D eigenvalue weighted by Gasteiger charge is 1.99. The Labute approximate surface area is 114 Å². The number of aryl methyl sites for hydroxylation is 1. The lowest BCUT2D eigenvalue weighted by molar-refractivity contribution is 0.698. The molecular formula is C13H15BrN2S. The van der Waals surface area contributed by atoms with Crippen LogP contribution in [0.1, 0.15) is 22.2 Å². The molecule has 2 rings (SSSR count). The van der Waals surface area contributed by atoms with Crippen molar-refractivity contribution in [3.63, 3.8) is 0 Å². The molecule has 2 heterocycles. The fraction of sp³-hybridized carbons (Fsp3) is 0.308. The van der Waals surface area contributed by atoms with Crippen LogP contribution in [0.4, 0.5) is 0 Å². The molecule has 0 bridgehead atoms. The molecule has 0 aliphatic carbocycles. The first kappa shape index (κ1) is 12.7. The molecule has 4 heteroatoms. The summed E-state index contributed by atoms with van der Waals surface area (Å²) >= 11 is 5.31. The van der Waals surface area contributed by atoms with Gasteiger partial charge in [-0.15, -0.1) is 11.3 Å². The number of hydrogen-bond acceptors (Lipinski definition) is 3. The Hall–Kier alpha value is -0.710. The lowest BCUT2D eigenvalue weighted by Gasteiger charge is -2.03. The fourth-order valence-electron chi connectivity index (χ4n) is 1.59. The molecule has 0 fully saturated rings. The van der Waals surface area contributed by atoms with Crippen molar-refractivity contribution < 1.29 is 0 Å². The van der Waals surface area contributed by atoms with Crippen LogP contribution in [0.3, 0.4) is 0 Å². The number of nitrogens with zero attached hydrogens (tertiary/aromatic N) is 1. The number of pyridine rings is 1. The lowest BCUT2D eigenvalue weighted by atomic mass is 10.3. The Bertz CT molecular complexity index is 482. The Morgan fingerprint density at radius 2 is 2.06 bits per heavy atom. The summed E-state index contributed by atoms with van der Waals surface area (Å²) < 4.78 is 1.03. The van der Waals surface area contributed by atoms with Gasteiger partial charge in [-0.1, -0.05) is 6.92 Å².